The summed E-state index contributed by atoms with van der Waals surface area (Å²) in [4.78, 5) is 23.1. The lowest BCUT2D eigenvalue weighted by molar-refractivity contribution is -0.148. The Kier molecular flexibility index (Phi) is 5.88. The second-order valence-electron chi connectivity index (χ2n) is 6.69. The standard InChI is InChI=1S/C16H28N2O3/c19-14(20)16(9-3-4-10-16)12-18-15(21)17-11-5-8-13-6-1-2-7-13/h13H,1-12H2,(H,19,20)(H2,17,18,21). The van der Waals surface area contributed by atoms with Crippen molar-refractivity contribution in [1.82, 2.24) is 10.6 Å². The molecule has 2 aliphatic carbocycles. The van der Waals surface area contributed by atoms with Crippen LogP contribution in [0.25, 0.3) is 0 Å². The molecule has 5 heteroatoms. The highest BCUT2D eigenvalue weighted by atomic mass is 16.4. The molecule has 21 heavy (non-hydrogen) atoms. The van der Waals surface area contributed by atoms with E-state index in [9.17, 15) is 14.7 Å². The maximum Gasteiger partial charge on any atom is 0.314 e. The van der Waals surface area contributed by atoms with Gasteiger partial charge < -0.3 is 15.7 Å². The smallest absolute Gasteiger partial charge is 0.314 e. The molecule has 120 valence electrons. The number of rotatable bonds is 7. The first-order valence-electron chi connectivity index (χ1n) is 8.37. The summed E-state index contributed by atoms with van der Waals surface area (Å²) in [5.41, 5.74) is -0.735. The van der Waals surface area contributed by atoms with E-state index in [4.69, 9.17) is 0 Å². The summed E-state index contributed by atoms with van der Waals surface area (Å²) in [7, 11) is 0. The maximum atomic E-state index is 11.7. The quantitative estimate of drug-likeness (QED) is 0.632. The molecule has 0 bridgehead atoms. The van der Waals surface area contributed by atoms with Crippen molar-refractivity contribution in [2.45, 2.75) is 64.2 Å². The number of hydrogen-bond donors (Lipinski definition) is 3. The number of carboxylic acids is 1. The Morgan fingerprint density at radius 1 is 1.05 bits per heavy atom. The van der Waals surface area contributed by atoms with Crippen molar-refractivity contribution in [3.8, 4) is 0 Å². The third kappa shape index (κ3) is 4.61. The Morgan fingerprint density at radius 2 is 1.71 bits per heavy atom. The first-order valence-corrected chi connectivity index (χ1v) is 8.37. The second-order valence-corrected chi connectivity index (χ2v) is 6.69. The van der Waals surface area contributed by atoms with Gasteiger partial charge in [-0.05, 0) is 31.6 Å². The van der Waals surface area contributed by atoms with Crippen molar-refractivity contribution in [2.75, 3.05) is 13.1 Å². The molecule has 3 N–H and O–H groups in total. The number of amides is 2. The lowest BCUT2D eigenvalue weighted by Gasteiger charge is -2.24. The summed E-state index contributed by atoms with van der Waals surface area (Å²) in [6, 6.07) is -0.228. The number of carbonyl (C=O) groups excluding carboxylic acids is 1. The van der Waals surface area contributed by atoms with Gasteiger partial charge in [-0.2, -0.15) is 0 Å². The summed E-state index contributed by atoms with van der Waals surface area (Å²) in [6.45, 7) is 0.930. The van der Waals surface area contributed by atoms with E-state index >= 15 is 0 Å². The van der Waals surface area contributed by atoms with Crippen molar-refractivity contribution in [3.05, 3.63) is 0 Å². The zero-order valence-corrected chi connectivity index (χ0v) is 12.8. The Labute approximate surface area is 126 Å². The Morgan fingerprint density at radius 3 is 2.33 bits per heavy atom. The van der Waals surface area contributed by atoms with Crippen molar-refractivity contribution in [1.29, 1.82) is 0 Å². The molecule has 0 unspecified atom stereocenters. The maximum absolute atomic E-state index is 11.7. The fraction of sp³-hybridized carbons (Fsp3) is 0.875. The predicted octanol–water partition coefficient (Wildman–Crippen LogP) is 2.90. The summed E-state index contributed by atoms with van der Waals surface area (Å²) in [6.07, 6.45) is 10.8. The molecule has 2 aliphatic rings. The highest BCUT2D eigenvalue weighted by molar-refractivity contribution is 5.78. The minimum absolute atomic E-state index is 0.228. The van der Waals surface area contributed by atoms with Gasteiger partial charge in [-0.25, -0.2) is 4.79 Å². The molecular weight excluding hydrogens is 268 g/mol. The third-order valence-electron chi connectivity index (χ3n) is 5.15. The first-order chi connectivity index (χ1) is 10.1. The average Bonchev–Trinajstić information content (AvgIpc) is 3.13. The Bertz CT molecular complexity index is 359. The number of carboxylic acid groups (broad SMARTS) is 1. The summed E-state index contributed by atoms with van der Waals surface area (Å²) >= 11 is 0. The van der Waals surface area contributed by atoms with Gasteiger partial charge in [-0.15, -0.1) is 0 Å². The van der Waals surface area contributed by atoms with Gasteiger partial charge >= 0.3 is 12.0 Å². The van der Waals surface area contributed by atoms with Crippen LogP contribution in [0.3, 0.4) is 0 Å². The van der Waals surface area contributed by atoms with Crippen LogP contribution >= 0.6 is 0 Å². The number of nitrogens with one attached hydrogen (secondary N) is 2. The van der Waals surface area contributed by atoms with Gasteiger partial charge in [0.05, 0.1) is 5.41 Å². The van der Waals surface area contributed by atoms with E-state index in [2.05, 4.69) is 10.6 Å². The lowest BCUT2D eigenvalue weighted by atomic mass is 9.86. The van der Waals surface area contributed by atoms with Crippen molar-refractivity contribution in [3.63, 3.8) is 0 Å². The van der Waals surface area contributed by atoms with E-state index in [-0.39, 0.29) is 12.6 Å². The fourth-order valence-electron chi connectivity index (χ4n) is 3.72. The number of urea groups is 1. The zero-order chi connectivity index (χ0) is 15.1. The largest absolute Gasteiger partial charge is 0.481 e. The fourth-order valence-corrected chi connectivity index (χ4v) is 3.72. The lowest BCUT2D eigenvalue weighted by Crippen LogP contribution is -2.45. The molecule has 0 aromatic rings. The minimum Gasteiger partial charge on any atom is -0.481 e. The van der Waals surface area contributed by atoms with Crippen LogP contribution in [-0.4, -0.2) is 30.2 Å². The van der Waals surface area contributed by atoms with E-state index in [1.807, 2.05) is 0 Å². The SMILES string of the molecule is O=C(NCCCC1CCCC1)NCC1(C(=O)O)CCCC1. The molecular formula is C16H28N2O3. The van der Waals surface area contributed by atoms with Gasteiger partial charge in [-0.1, -0.05) is 38.5 Å². The first kappa shape index (κ1) is 16.1. The zero-order valence-electron chi connectivity index (χ0n) is 12.8. The van der Waals surface area contributed by atoms with Gasteiger partial charge in [0.2, 0.25) is 0 Å². The molecule has 2 rings (SSSR count). The average molecular weight is 296 g/mol. The summed E-state index contributed by atoms with van der Waals surface area (Å²) in [5.74, 6) is 0.0742. The highest BCUT2D eigenvalue weighted by Crippen LogP contribution is 2.37. The van der Waals surface area contributed by atoms with Gasteiger partial charge in [0.25, 0.3) is 0 Å². The number of aliphatic carboxylic acids is 1. The highest BCUT2D eigenvalue weighted by Gasteiger charge is 2.41. The van der Waals surface area contributed by atoms with Gasteiger partial charge in [0.15, 0.2) is 0 Å². The summed E-state index contributed by atoms with van der Waals surface area (Å²) in [5, 5.41) is 14.9. The van der Waals surface area contributed by atoms with Crippen LogP contribution in [0.5, 0.6) is 0 Å². The molecule has 0 aromatic heterocycles. The predicted molar refractivity (Wildman–Crippen MR) is 81.1 cm³/mol. The van der Waals surface area contributed by atoms with E-state index in [1.165, 1.54) is 32.1 Å². The van der Waals surface area contributed by atoms with Crippen LogP contribution < -0.4 is 10.6 Å². The molecule has 2 saturated carbocycles. The molecule has 2 fully saturated rings. The van der Waals surface area contributed by atoms with Crippen LogP contribution in [0.4, 0.5) is 4.79 Å². The molecule has 0 heterocycles. The van der Waals surface area contributed by atoms with Crippen molar-refractivity contribution < 1.29 is 14.7 Å². The molecule has 0 spiro atoms. The Hall–Kier alpha value is -1.26. The van der Waals surface area contributed by atoms with Gasteiger partial charge in [-0.3, -0.25) is 4.79 Å². The van der Waals surface area contributed by atoms with E-state index in [0.717, 1.165) is 25.2 Å². The Balaban J connectivity index is 1.59. The van der Waals surface area contributed by atoms with Crippen LogP contribution in [0.15, 0.2) is 0 Å². The molecule has 0 radical (unpaired) electrons. The topological polar surface area (TPSA) is 78.4 Å². The van der Waals surface area contributed by atoms with Crippen molar-refractivity contribution in [2.24, 2.45) is 11.3 Å². The monoisotopic (exact) mass is 296 g/mol. The van der Waals surface area contributed by atoms with Gasteiger partial charge in [0, 0.05) is 13.1 Å². The molecule has 0 aliphatic heterocycles. The van der Waals surface area contributed by atoms with E-state index in [1.54, 1.807) is 0 Å². The van der Waals surface area contributed by atoms with Crippen molar-refractivity contribution >= 4 is 12.0 Å². The number of carbonyl (C=O) groups is 2. The minimum atomic E-state index is -0.776. The molecule has 0 saturated heterocycles. The third-order valence-corrected chi connectivity index (χ3v) is 5.15. The van der Waals surface area contributed by atoms with Crippen LogP contribution in [-0.2, 0) is 4.79 Å². The van der Waals surface area contributed by atoms with Crippen LogP contribution in [0, 0.1) is 11.3 Å². The number of hydrogen-bond acceptors (Lipinski definition) is 2. The normalized spacial score (nSPS) is 21.3. The molecule has 0 atom stereocenters. The van der Waals surface area contributed by atoms with Crippen LogP contribution in [0.1, 0.15) is 64.2 Å². The molecule has 0 aromatic carbocycles. The summed E-state index contributed by atoms with van der Waals surface area (Å²) < 4.78 is 0. The second kappa shape index (κ2) is 7.66. The van der Waals surface area contributed by atoms with E-state index < -0.39 is 11.4 Å². The molecule has 2 amide bonds. The van der Waals surface area contributed by atoms with Crippen LogP contribution in [0.2, 0.25) is 0 Å². The van der Waals surface area contributed by atoms with Gasteiger partial charge in [0.1, 0.15) is 0 Å². The van der Waals surface area contributed by atoms with E-state index in [0.29, 0.717) is 19.4 Å². The molecule has 5 nitrogen and oxygen atoms in total.